The van der Waals surface area contributed by atoms with Gasteiger partial charge in [-0.05, 0) is 182 Å². The Hall–Kier alpha value is -3.81. The Morgan fingerprint density at radius 3 is 1.48 bits per heavy atom. The molecule has 6 aliphatic rings. The molecule has 0 aliphatic heterocycles. The van der Waals surface area contributed by atoms with Crippen LogP contribution in [0.4, 0.5) is 26.3 Å². The fourth-order valence-electron chi connectivity index (χ4n) is 13.0. The van der Waals surface area contributed by atoms with Gasteiger partial charge in [-0.25, -0.2) is 0 Å². The zero-order chi connectivity index (χ0) is 61.6. The lowest BCUT2D eigenvalue weighted by Crippen LogP contribution is -2.49. The number of aliphatic hydroxyl groups excluding tert-OH is 2. The highest BCUT2D eigenvalue weighted by Crippen LogP contribution is 2.58. The van der Waals surface area contributed by atoms with Gasteiger partial charge in [0.15, 0.2) is 28.1 Å². The molecule has 2 N–H and O–H groups in total. The van der Waals surface area contributed by atoms with Crippen LogP contribution < -0.4 is 0 Å². The van der Waals surface area contributed by atoms with E-state index in [1.165, 1.54) is 33.9 Å². The maximum atomic E-state index is 13.3. The Kier molecular flexibility index (Phi) is 22.9. The van der Waals surface area contributed by atoms with Crippen LogP contribution in [0.3, 0.4) is 0 Å². The maximum absolute atomic E-state index is 13.3. The summed E-state index contributed by atoms with van der Waals surface area (Å²) >= 11 is 0. The predicted octanol–water partition coefficient (Wildman–Crippen LogP) is 18.4. The lowest BCUT2D eigenvalue weighted by atomic mass is 9.62. The molecule has 0 saturated heterocycles. The summed E-state index contributed by atoms with van der Waals surface area (Å²) in [5, 5.41) is 26.6. The second-order valence-corrected chi connectivity index (χ2v) is 37.2. The van der Waals surface area contributed by atoms with Crippen LogP contribution in [0.15, 0.2) is 129 Å². The van der Waals surface area contributed by atoms with Crippen molar-refractivity contribution in [2.45, 2.75) is 232 Å². The third kappa shape index (κ3) is 16.8. The highest BCUT2D eigenvalue weighted by molar-refractivity contribution is 6.74. The molecule has 0 aromatic rings. The van der Waals surface area contributed by atoms with Crippen molar-refractivity contribution in [1.82, 2.24) is 0 Å². The summed E-state index contributed by atoms with van der Waals surface area (Å²) in [5.74, 6) is 0.989. The number of allylic oxidation sites excluding steroid dienone is 14. The molecule has 0 bridgehead atoms. The van der Waals surface area contributed by atoms with Crippen LogP contribution in [-0.2, 0) is 18.5 Å². The third-order valence-electron chi connectivity index (χ3n) is 19.8. The van der Waals surface area contributed by atoms with Gasteiger partial charge in [0.2, 0.25) is 0 Å². The Morgan fingerprint density at radius 1 is 0.659 bits per heavy atom. The van der Waals surface area contributed by atoms with Crippen LogP contribution in [0.1, 0.15) is 159 Å². The Morgan fingerprint density at radius 2 is 1.07 bits per heavy atom. The first-order valence-electron chi connectivity index (χ1n) is 29.8. The second kappa shape index (κ2) is 27.3. The van der Waals surface area contributed by atoms with E-state index in [4.69, 9.17) is 8.85 Å². The van der Waals surface area contributed by atoms with Gasteiger partial charge in [-0.2, -0.15) is 26.3 Å². The van der Waals surface area contributed by atoms with Crippen LogP contribution in [0.2, 0.25) is 36.3 Å². The number of fused-ring (bicyclic) bond motifs is 2. The highest BCUT2D eigenvalue weighted by atomic mass is 28.4. The summed E-state index contributed by atoms with van der Waals surface area (Å²) in [4.78, 5) is 8.75. The highest BCUT2D eigenvalue weighted by Gasteiger charge is 2.49. The molecule has 10 atom stereocenters. The first-order valence-corrected chi connectivity index (χ1v) is 35.6. The van der Waals surface area contributed by atoms with E-state index >= 15 is 0 Å². The van der Waals surface area contributed by atoms with Gasteiger partial charge in [0, 0.05) is 12.8 Å². The summed E-state index contributed by atoms with van der Waals surface area (Å²) in [6.07, 6.45) is 20.0. The Bertz CT molecular complexity index is 2600. The molecule has 4 fully saturated rings. The number of hydrogen-bond donors (Lipinski definition) is 2. The molecule has 6 aliphatic carbocycles. The van der Waals surface area contributed by atoms with Gasteiger partial charge >= 0.3 is 12.4 Å². The van der Waals surface area contributed by atoms with Gasteiger partial charge in [-0.3, -0.25) is 0 Å². The van der Waals surface area contributed by atoms with E-state index in [9.17, 15) is 36.6 Å². The Balaban J connectivity index is 0.000000318. The summed E-state index contributed by atoms with van der Waals surface area (Å²) in [6.45, 7) is 40.5. The van der Waals surface area contributed by atoms with Gasteiger partial charge in [-0.15, -0.1) is 0 Å². The molecule has 82 heavy (non-hydrogen) atoms. The van der Waals surface area contributed by atoms with Gasteiger partial charge in [0.1, 0.15) is 14.2 Å². The zero-order valence-electron chi connectivity index (χ0n) is 52.4. The smallest absolute Gasteiger partial charge is 0.413 e. The van der Waals surface area contributed by atoms with Gasteiger partial charge in [-0.1, -0.05) is 164 Å². The quantitative estimate of drug-likeness (QED) is 0.0525. The molecule has 6 rings (SSSR count). The molecule has 0 spiro atoms. The summed E-state index contributed by atoms with van der Waals surface area (Å²) in [6, 6.07) is 0. The molecular formula is C66H100F6N2O6Si2. The number of nitrogens with zero attached hydrogens (tertiary/aromatic N) is 2. The SMILES string of the molecule is C=C1/C(=C\C=C2/CCC[C@]3(C)C([C@H](C)C/C=C/C(=N\OC)C(F)(F)F)=CC[C@@H]23)C[C@@H](O)C[C@@H]1O.C=C1/C(=C\C=C2/CCC[C@]3(C)C([C@H](C)C/C=C/C(=N\OC)C(F)(F)F)=CC[C@@H]23)C[C@@H](O[Si](C)(C)C(C)(C)C)C[C@@H]1O[Si](C)(C)C(C)(C)C. The van der Waals surface area contributed by atoms with E-state index in [-0.39, 0.29) is 45.0 Å². The average molecular weight is 1190 g/mol. The molecule has 0 amide bonds. The minimum atomic E-state index is -4.55. The van der Waals surface area contributed by atoms with Crippen molar-refractivity contribution in [2.75, 3.05) is 14.2 Å². The summed E-state index contributed by atoms with van der Waals surface area (Å²) in [5.41, 5.74) is 7.30. The number of hydrogen-bond acceptors (Lipinski definition) is 8. The van der Waals surface area contributed by atoms with Gasteiger partial charge in [0.25, 0.3) is 0 Å². The van der Waals surface area contributed by atoms with Crippen molar-refractivity contribution in [3.05, 3.63) is 119 Å². The first kappa shape index (κ1) is 69.0. The number of oxime groups is 2. The molecule has 0 radical (unpaired) electrons. The molecule has 0 heterocycles. The van der Waals surface area contributed by atoms with Crippen molar-refractivity contribution < 1.29 is 55.1 Å². The van der Waals surface area contributed by atoms with E-state index in [2.05, 4.69) is 159 Å². The van der Waals surface area contributed by atoms with Crippen molar-refractivity contribution in [3.8, 4) is 0 Å². The van der Waals surface area contributed by atoms with E-state index < -0.39 is 52.6 Å². The van der Waals surface area contributed by atoms with Crippen LogP contribution in [-0.4, -0.2) is 89.3 Å². The molecular weight excluding hydrogens is 1090 g/mol. The van der Waals surface area contributed by atoms with E-state index in [0.29, 0.717) is 43.1 Å². The monoisotopic (exact) mass is 1190 g/mol. The molecule has 0 aromatic carbocycles. The first-order chi connectivity index (χ1) is 37.8. The Labute approximate surface area is 490 Å². The standard InChI is InChI=1S/C39H64F3NO3Si2.C27H36F3NO3/c1-27(17-15-19-35(43-44-10)39(40,41)42)32-22-23-33-29(18-16-24-38(32,33)9)20-21-30-25-31(45-47(11,12)36(3,4)5)26-34(28(30)2)46-48(13,14)37(6,7)8;1-17(7-5-9-25(31-34-4)27(28,29)30)22-12-13-23-19(8-6-14-26(22,23)3)10-11-20-15-21(32)16-24(33)18(20)2/h15,19-22,27,31,33-34H,2,16-18,23-26H2,1,3-14H3;5,9-12,17,21,23-24,32-33H,2,6-8,13-16H2,1,3-4H3/b19-15+,29-20+,30-21-,43-35+;9-5+,19-10+,20-11-,31-25+/t27-,31-,33+,34+,38-;17-,21-,23+,24+,26-/m11/s1. The molecule has 0 aromatic heterocycles. The van der Waals surface area contributed by atoms with Crippen molar-refractivity contribution in [1.29, 1.82) is 0 Å². The molecule has 460 valence electrons. The summed E-state index contributed by atoms with van der Waals surface area (Å²) < 4.78 is 92.9. The molecule has 16 heteroatoms. The van der Waals surface area contributed by atoms with Crippen LogP contribution in [0.25, 0.3) is 0 Å². The molecule has 8 nitrogen and oxygen atoms in total. The number of alkyl halides is 6. The van der Waals surface area contributed by atoms with Crippen LogP contribution in [0.5, 0.6) is 0 Å². The van der Waals surface area contributed by atoms with E-state index in [1.807, 2.05) is 6.08 Å². The zero-order valence-corrected chi connectivity index (χ0v) is 54.4. The van der Waals surface area contributed by atoms with Crippen LogP contribution >= 0.6 is 0 Å². The second-order valence-electron chi connectivity index (χ2n) is 27.7. The minimum Gasteiger partial charge on any atom is -0.413 e. The number of aliphatic hydroxyl groups is 2. The fourth-order valence-corrected chi connectivity index (χ4v) is 15.7. The maximum Gasteiger partial charge on any atom is 0.436 e. The number of rotatable bonds is 16. The normalized spacial score (nSPS) is 31.1. The average Bonchev–Trinajstić information content (AvgIpc) is 3.86. The lowest BCUT2D eigenvalue weighted by molar-refractivity contribution is -0.0613. The minimum absolute atomic E-state index is 0.00510. The molecule has 4 saturated carbocycles. The van der Waals surface area contributed by atoms with Crippen molar-refractivity contribution in [2.24, 2.45) is 44.8 Å². The van der Waals surface area contributed by atoms with Crippen molar-refractivity contribution >= 4 is 28.1 Å². The lowest BCUT2D eigenvalue weighted by Gasteiger charge is -2.45. The van der Waals surface area contributed by atoms with Gasteiger partial charge in [0.05, 0.1) is 24.4 Å². The van der Waals surface area contributed by atoms with Crippen molar-refractivity contribution in [3.63, 3.8) is 0 Å². The van der Waals surface area contributed by atoms with Gasteiger partial charge < -0.3 is 28.7 Å². The van der Waals surface area contributed by atoms with E-state index in [0.717, 1.165) is 102 Å². The number of halogens is 6. The third-order valence-corrected chi connectivity index (χ3v) is 28.8. The van der Waals surface area contributed by atoms with E-state index in [1.54, 1.807) is 6.08 Å². The predicted molar refractivity (Wildman–Crippen MR) is 328 cm³/mol. The molecule has 0 unspecified atom stereocenters. The van der Waals surface area contributed by atoms with Crippen LogP contribution in [0, 0.1) is 34.5 Å². The fraction of sp³-hybridized carbons (Fsp3) is 0.667. The largest absolute Gasteiger partial charge is 0.436 e. The summed E-state index contributed by atoms with van der Waals surface area (Å²) in [7, 11) is -1.81. The topological polar surface area (TPSA) is 102 Å².